The molecule has 3 heteroatoms. The number of hydrogen-bond donors (Lipinski definition) is 0. The minimum absolute atomic E-state index is 0.104. The molecule has 84 valence electrons. The summed E-state index contributed by atoms with van der Waals surface area (Å²) < 4.78 is 5.29. The summed E-state index contributed by atoms with van der Waals surface area (Å²) in [4.78, 5) is 22.9. The van der Waals surface area contributed by atoms with Crippen molar-refractivity contribution in [2.45, 2.75) is 46.1 Å². The highest BCUT2D eigenvalue weighted by molar-refractivity contribution is 5.93. The van der Waals surface area contributed by atoms with Crippen LogP contribution in [0.3, 0.4) is 0 Å². The fourth-order valence-electron chi connectivity index (χ4n) is 1.62. The van der Waals surface area contributed by atoms with E-state index >= 15 is 0 Å². The SMILES string of the molecule is CC1=CC(=O)CCC1C(=O)OC(C)(C)C. The Morgan fingerprint density at radius 2 is 2.07 bits per heavy atom. The molecule has 1 aliphatic rings. The lowest BCUT2D eigenvalue weighted by atomic mass is 9.88. The Kier molecular flexibility index (Phi) is 3.32. The summed E-state index contributed by atoms with van der Waals surface area (Å²) in [7, 11) is 0. The third kappa shape index (κ3) is 3.50. The highest BCUT2D eigenvalue weighted by atomic mass is 16.6. The van der Waals surface area contributed by atoms with Gasteiger partial charge in [-0.25, -0.2) is 0 Å². The monoisotopic (exact) mass is 210 g/mol. The van der Waals surface area contributed by atoms with Crippen LogP contribution in [-0.2, 0) is 14.3 Å². The van der Waals surface area contributed by atoms with Crippen LogP contribution in [0, 0.1) is 5.92 Å². The molecule has 0 aromatic heterocycles. The molecule has 0 saturated carbocycles. The Morgan fingerprint density at radius 3 is 2.53 bits per heavy atom. The zero-order valence-corrected chi connectivity index (χ0v) is 9.79. The smallest absolute Gasteiger partial charge is 0.313 e. The minimum atomic E-state index is -0.460. The maximum Gasteiger partial charge on any atom is 0.313 e. The molecule has 0 saturated heterocycles. The van der Waals surface area contributed by atoms with Crippen molar-refractivity contribution in [3.05, 3.63) is 11.6 Å². The van der Waals surface area contributed by atoms with Crippen LogP contribution in [0.1, 0.15) is 40.5 Å². The average molecular weight is 210 g/mol. The lowest BCUT2D eigenvalue weighted by Gasteiger charge is -2.25. The van der Waals surface area contributed by atoms with Gasteiger partial charge in [-0.05, 0) is 40.2 Å². The van der Waals surface area contributed by atoms with E-state index in [4.69, 9.17) is 4.74 Å². The van der Waals surface area contributed by atoms with Crippen molar-refractivity contribution in [2.24, 2.45) is 5.92 Å². The second-order valence-electron chi connectivity index (χ2n) is 4.98. The molecule has 0 heterocycles. The van der Waals surface area contributed by atoms with Gasteiger partial charge >= 0.3 is 5.97 Å². The minimum Gasteiger partial charge on any atom is -0.460 e. The van der Waals surface area contributed by atoms with E-state index in [1.54, 1.807) is 6.08 Å². The first-order valence-electron chi connectivity index (χ1n) is 5.23. The highest BCUT2D eigenvalue weighted by Crippen LogP contribution is 2.25. The highest BCUT2D eigenvalue weighted by Gasteiger charge is 2.29. The van der Waals surface area contributed by atoms with Crippen molar-refractivity contribution in [2.75, 3.05) is 0 Å². The van der Waals surface area contributed by atoms with Gasteiger partial charge in [-0.3, -0.25) is 9.59 Å². The third-order valence-electron chi connectivity index (χ3n) is 2.31. The Hall–Kier alpha value is -1.12. The van der Waals surface area contributed by atoms with Crippen LogP contribution in [0.15, 0.2) is 11.6 Å². The molecular formula is C12H18O3. The van der Waals surface area contributed by atoms with Crippen LogP contribution < -0.4 is 0 Å². The predicted octanol–water partition coefficient (Wildman–Crippen LogP) is 2.25. The summed E-state index contributed by atoms with van der Waals surface area (Å²) in [6, 6.07) is 0. The maximum absolute atomic E-state index is 11.8. The molecule has 1 aliphatic carbocycles. The normalized spacial score (nSPS) is 22.3. The molecule has 0 fully saturated rings. The van der Waals surface area contributed by atoms with Crippen molar-refractivity contribution in [3.8, 4) is 0 Å². The lowest BCUT2D eigenvalue weighted by molar-refractivity contribution is -0.158. The number of carbonyl (C=O) groups is 2. The average Bonchev–Trinajstić information content (AvgIpc) is 1.99. The molecule has 1 rings (SSSR count). The number of hydrogen-bond acceptors (Lipinski definition) is 3. The van der Waals surface area contributed by atoms with Gasteiger partial charge in [0.2, 0.25) is 0 Å². The molecule has 0 radical (unpaired) electrons. The molecule has 0 bridgehead atoms. The predicted molar refractivity (Wildman–Crippen MR) is 57.3 cm³/mol. The molecule has 0 aromatic carbocycles. The van der Waals surface area contributed by atoms with Crippen molar-refractivity contribution >= 4 is 11.8 Å². The van der Waals surface area contributed by atoms with E-state index in [2.05, 4.69) is 0 Å². The van der Waals surface area contributed by atoms with Crippen LogP contribution in [0.5, 0.6) is 0 Å². The van der Waals surface area contributed by atoms with E-state index in [1.807, 2.05) is 27.7 Å². The zero-order chi connectivity index (χ0) is 11.6. The van der Waals surface area contributed by atoms with E-state index in [-0.39, 0.29) is 17.7 Å². The van der Waals surface area contributed by atoms with Crippen LogP contribution in [0.25, 0.3) is 0 Å². The number of allylic oxidation sites excluding steroid dienone is 1. The molecule has 1 atom stereocenters. The molecule has 0 aliphatic heterocycles. The van der Waals surface area contributed by atoms with Crippen molar-refractivity contribution in [1.29, 1.82) is 0 Å². The van der Waals surface area contributed by atoms with E-state index in [1.165, 1.54) is 0 Å². The van der Waals surface area contributed by atoms with E-state index in [9.17, 15) is 9.59 Å². The largest absolute Gasteiger partial charge is 0.460 e. The Labute approximate surface area is 90.5 Å². The topological polar surface area (TPSA) is 43.4 Å². The second kappa shape index (κ2) is 4.17. The number of carbonyl (C=O) groups excluding carboxylic acids is 2. The molecule has 3 nitrogen and oxygen atoms in total. The van der Waals surface area contributed by atoms with Gasteiger partial charge in [-0.15, -0.1) is 0 Å². The fourth-order valence-corrected chi connectivity index (χ4v) is 1.62. The van der Waals surface area contributed by atoms with Crippen LogP contribution in [-0.4, -0.2) is 17.4 Å². The molecular weight excluding hydrogens is 192 g/mol. The molecule has 0 aromatic rings. The van der Waals surface area contributed by atoms with E-state index < -0.39 is 5.60 Å². The first-order valence-corrected chi connectivity index (χ1v) is 5.23. The first-order chi connectivity index (χ1) is 6.79. The van der Waals surface area contributed by atoms with Gasteiger partial charge in [0.05, 0.1) is 5.92 Å². The van der Waals surface area contributed by atoms with Crippen molar-refractivity contribution in [3.63, 3.8) is 0 Å². The van der Waals surface area contributed by atoms with Gasteiger partial charge in [0.15, 0.2) is 5.78 Å². The van der Waals surface area contributed by atoms with Crippen LogP contribution in [0.2, 0.25) is 0 Å². The van der Waals surface area contributed by atoms with Gasteiger partial charge in [-0.1, -0.05) is 5.57 Å². The lowest BCUT2D eigenvalue weighted by Crippen LogP contribution is -2.31. The van der Waals surface area contributed by atoms with Gasteiger partial charge in [0, 0.05) is 6.42 Å². The van der Waals surface area contributed by atoms with Gasteiger partial charge in [-0.2, -0.15) is 0 Å². The molecule has 0 amide bonds. The van der Waals surface area contributed by atoms with E-state index in [0.29, 0.717) is 12.8 Å². The summed E-state index contributed by atoms with van der Waals surface area (Å²) in [5.41, 5.74) is 0.360. The fraction of sp³-hybridized carbons (Fsp3) is 0.667. The maximum atomic E-state index is 11.8. The molecule has 1 unspecified atom stereocenters. The Morgan fingerprint density at radius 1 is 1.47 bits per heavy atom. The number of rotatable bonds is 1. The zero-order valence-electron chi connectivity index (χ0n) is 9.79. The molecule has 0 spiro atoms. The number of ether oxygens (including phenoxy) is 1. The Balaban J connectivity index is 2.69. The third-order valence-corrected chi connectivity index (χ3v) is 2.31. The first kappa shape index (κ1) is 12.0. The molecule has 0 N–H and O–H groups in total. The van der Waals surface area contributed by atoms with E-state index in [0.717, 1.165) is 5.57 Å². The number of esters is 1. The van der Waals surface area contributed by atoms with Crippen molar-refractivity contribution < 1.29 is 14.3 Å². The molecule has 15 heavy (non-hydrogen) atoms. The summed E-state index contributed by atoms with van der Waals surface area (Å²) >= 11 is 0. The Bertz CT molecular complexity index is 307. The summed E-state index contributed by atoms with van der Waals surface area (Å²) in [6.07, 6.45) is 2.58. The summed E-state index contributed by atoms with van der Waals surface area (Å²) in [6.45, 7) is 7.35. The summed E-state index contributed by atoms with van der Waals surface area (Å²) in [5.74, 6) is -0.349. The van der Waals surface area contributed by atoms with Gasteiger partial charge in [0.1, 0.15) is 5.60 Å². The quantitative estimate of drug-likeness (QED) is 0.623. The van der Waals surface area contributed by atoms with Crippen LogP contribution in [0.4, 0.5) is 0 Å². The van der Waals surface area contributed by atoms with Gasteiger partial charge in [0.25, 0.3) is 0 Å². The standard InChI is InChI=1S/C12H18O3/c1-8-7-9(13)5-6-10(8)11(14)15-12(2,3)4/h7,10H,5-6H2,1-4H3. The summed E-state index contributed by atoms with van der Waals surface area (Å²) in [5, 5.41) is 0. The van der Waals surface area contributed by atoms with Gasteiger partial charge < -0.3 is 4.74 Å². The number of ketones is 1. The van der Waals surface area contributed by atoms with Crippen molar-refractivity contribution in [1.82, 2.24) is 0 Å². The van der Waals surface area contributed by atoms with Crippen LogP contribution >= 0.6 is 0 Å². The second-order valence-corrected chi connectivity index (χ2v) is 4.98.